The highest BCUT2D eigenvalue weighted by atomic mass is 14.1. The second kappa shape index (κ2) is 105. The molecule has 0 aromatic carbocycles. The summed E-state index contributed by atoms with van der Waals surface area (Å²) in [5, 5.41) is 0. The average Bonchev–Trinajstić information content (AvgIpc) is 2.96. The van der Waals surface area contributed by atoms with E-state index in [2.05, 4.69) is 132 Å². The quantitative estimate of drug-likeness (QED) is 0.114. The van der Waals surface area contributed by atoms with Crippen LogP contribution in [0.2, 0.25) is 0 Å². The summed E-state index contributed by atoms with van der Waals surface area (Å²) in [6.07, 6.45) is 24.8. The Morgan fingerprint density at radius 2 is 0.554 bits per heavy atom. The lowest BCUT2D eigenvalue weighted by Crippen LogP contribution is -2.02. The Hall–Kier alpha value is 0. The van der Waals surface area contributed by atoms with Crippen molar-refractivity contribution in [3.63, 3.8) is 0 Å². The van der Waals surface area contributed by atoms with Gasteiger partial charge in [-0.05, 0) is 47.8 Å². The fraction of sp³-hybridized carbons (Fsp3) is 1.00. The van der Waals surface area contributed by atoms with Gasteiger partial charge in [-0.15, -0.1) is 0 Å². The van der Waals surface area contributed by atoms with Gasteiger partial charge in [-0.1, -0.05) is 330 Å². The van der Waals surface area contributed by atoms with Gasteiger partial charge >= 0.3 is 0 Å². The molecule has 0 N–H and O–H groups in total. The predicted molar refractivity (Wildman–Crippen MR) is 296 cm³/mol. The molecule has 0 aromatic heterocycles. The third kappa shape index (κ3) is 169. The van der Waals surface area contributed by atoms with Crippen molar-refractivity contribution in [1.29, 1.82) is 0 Å². The molecule has 0 saturated heterocycles. The van der Waals surface area contributed by atoms with E-state index in [9.17, 15) is 0 Å². The molecule has 0 rings (SSSR count). The summed E-state index contributed by atoms with van der Waals surface area (Å²) in [6, 6.07) is 0. The first-order valence-corrected chi connectivity index (χ1v) is 20.6. The fourth-order valence-corrected chi connectivity index (χ4v) is 4.36. The molecule has 0 aliphatic heterocycles. The number of hydrogen-bond donors (Lipinski definition) is 0. The Morgan fingerprint density at radius 1 is 0.268 bits per heavy atom. The molecule has 0 radical (unpaired) electrons. The molecule has 372 valence electrons. The first-order valence-electron chi connectivity index (χ1n) is 20.6. The zero-order chi connectivity index (χ0) is 35.8. The molecule has 0 heterocycles. The van der Waals surface area contributed by atoms with Crippen LogP contribution in [0.3, 0.4) is 0 Å². The molecule has 0 amide bonds. The number of hydrogen-bond acceptors (Lipinski definition) is 0. The Labute approximate surface area is 376 Å². The molecule has 0 spiro atoms. The van der Waals surface area contributed by atoms with Crippen LogP contribution in [0.4, 0.5) is 0 Å². The van der Waals surface area contributed by atoms with Gasteiger partial charge in [-0.3, -0.25) is 0 Å². The van der Waals surface area contributed by atoms with Crippen molar-refractivity contribution >= 4 is 0 Å². The van der Waals surface area contributed by atoms with Crippen LogP contribution >= 0.6 is 0 Å². The monoisotopic (exact) mass is 821 g/mol. The Morgan fingerprint density at radius 3 is 0.661 bits per heavy atom. The lowest BCUT2D eigenvalue weighted by molar-refractivity contribution is 0.389. The van der Waals surface area contributed by atoms with Gasteiger partial charge in [0.2, 0.25) is 0 Å². The van der Waals surface area contributed by atoms with E-state index >= 15 is 0 Å². The molecule has 3 atom stereocenters. The van der Waals surface area contributed by atoms with Gasteiger partial charge in [0.25, 0.3) is 0 Å². The number of unbranched alkanes of at least 4 members (excludes halogenated alkanes) is 6. The minimum Gasteiger partial charge on any atom is -0.0776 e. The first kappa shape index (κ1) is 117. The minimum absolute atomic E-state index is 0. The largest absolute Gasteiger partial charge is 0.0776 e. The number of rotatable bonds is 19. The lowest BCUT2D eigenvalue weighted by Gasteiger charge is -2.12. The molecule has 0 fully saturated rings. The normalized spacial score (nSPS) is 9.70. The highest BCUT2D eigenvalue weighted by Gasteiger charge is 2.03. The van der Waals surface area contributed by atoms with Crippen molar-refractivity contribution in [2.75, 3.05) is 0 Å². The summed E-state index contributed by atoms with van der Waals surface area (Å²) >= 11 is 0. The van der Waals surface area contributed by atoms with Crippen LogP contribution in [-0.2, 0) is 0 Å². The minimum atomic E-state index is 0. The van der Waals surface area contributed by atoms with E-state index in [0.29, 0.717) is 0 Å². The van der Waals surface area contributed by atoms with Crippen molar-refractivity contribution < 1.29 is 0 Å². The summed E-state index contributed by atoms with van der Waals surface area (Å²) in [7, 11) is 0. The molecule has 0 nitrogen and oxygen atoms in total. The van der Waals surface area contributed by atoms with Crippen molar-refractivity contribution in [1.82, 2.24) is 0 Å². The van der Waals surface area contributed by atoms with Crippen LogP contribution in [0.1, 0.15) is 336 Å². The van der Waals surface area contributed by atoms with Crippen LogP contribution in [0.25, 0.3) is 0 Å². The van der Waals surface area contributed by atoms with E-state index in [1.807, 2.05) is 0 Å². The van der Waals surface area contributed by atoms with Gasteiger partial charge in [0.1, 0.15) is 0 Å². The molecule has 0 heteroatoms. The van der Waals surface area contributed by atoms with Gasteiger partial charge in [0.05, 0.1) is 0 Å². The summed E-state index contributed by atoms with van der Waals surface area (Å²) in [6.45, 7) is 43.2. The average molecular weight is 822 g/mol. The molecule has 0 aliphatic carbocycles. The maximum atomic E-state index is 2.33. The Kier molecular flexibility index (Phi) is 221. The van der Waals surface area contributed by atoms with Crippen molar-refractivity contribution in [3.8, 4) is 0 Å². The lowest BCUT2D eigenvalue weighted by atomic mass is 9.94. The van der Waals surface area contributed by atoms with Crippen molar-refractivity contribution in [3.05, 3.63) is 0 Å². The molecule has 3 unspecified atom stereocenters. The molecule has 56 heavy (non-hydrogen) atoms. The molecule has 0 bridgehead atoms. The smallest absolute Gasteiger partial charge is 0.0420 e. The van der Waals surface area contributed by atoms with Crippen LogP contribution in [0, 0.1) is 41.4 Å². The van der Waals surface area contributed by atoms with E-state index in [4.69, 9.17) is 0 Å². The van der Waals surface area contributed by atoms with Crippen molar-refractivity contribution in [2.45, 2.75) is 336 Å². The van der Waals surface area contributed by atoms with E-state index < -0.39 is 0 Å². The Balaban J connectivity index is -0.0000000186. The second-order valence-corrected chi connectivity index (χ2v) is 15.6. The van der Waals surface area contributed by atoms with Gasteiger partial charge in [-0.25, -0.2) is 0 Å². The third-order valence-corrected chi connectivity index (χ3v) is 8.41. The summed E-state index contributed by atoms with van der Waals surface area (Å²) in [4.78, 5) is 0. The van der Waals surface area contributed by atoms with Crippen LogP contribution in [-0.4, -0.2) is 0 Å². The highest BCUT2D eigenvalue weighted by molar-refractivity contribution is 4.55. The van der Waals surface area contributed by atoms with E-state index in [0.717, 1.165) is 41.4 Å². The molecular weight excluding hydrogens is 673 g/mol. The van der Waals surface area contributed by atoms with Crippen LogP contribution in [0.5, 0.6) is 0 Å². The Bertz CT molecular complexity index is 388. The van der Waals surface area contributed by atoms with Crippen LogP contribution < -0.4 is 0 Å². The topological polar surface area (TPSA) is 0 Å². The van der Waals surface area contributed by atoms with Crippen molar-refractivity contribution in [2.24, 2.45) is 41.4 Å². The summed E-state index contributed by atoms with van der Waals surface area (Å²) in [5.41, 5.74) is 0. The van der Waals surface area contributed by atoms with E-state index in [1.54, 1.807) is 0 Å². The van der Waals surface area contributed by atoms with Crippen LogP contribution in [0.15, 0.2) is 0 Å². The summed E-state index contributed by atoms with van der Waals surface area (Å²) < 4.78 is 0. The molecule has 0 aliphatic rings. The highest BCUT2D eigenvalue weighted by Crippen LogP contribution is 2.15. The zero-order valence-electron chi connectivity index (χ0n) is 35.8. The SMILES string of the molecule is C.C.C.C.C.C.C.C.C.C.C.C.CCC(C)CC(C)C.CCCC(C)C(C)C.CCCC(C)CC.CCCCC(C)C.CCCCC(C)C.CCCCCCC. The molecule has 0 saturated carbocycles. The summed E-state index contributed by atoms with van der Waals surface area (Å²) in [5.74, 6) is 6.35. The first-order chi connectivity index (χ1) is 20.6. The van der Waals surface area contributed by atoms with Gasteiger partial charge in [0, 0.05) is 0 Å². The predicted octanol–water partition coefficient (Wildman–Crippen LogP) is 25.3. The molecular formula is C56H148. The van der Waals surface area contributed by atoms with Gasteiger partial charge in [-0.2, -0.15) is 0 Å². The second-order valence-electron chi connectivity index (χ2n) is 15.6. The maximum absolute atomic E-state index is 2.33. The van der Waals surface area contributed by atoms with Gasteiger partial charge < -0.3 is 0 Å². The fourth-order valence-electron chi connectivity index (χ4n) is 4.36. The zero-order valence-corrected chi connectivity index (χ0v) is 35.8. The standard InChI is InChI=1S/2C8H18.4C7H16.12CH4/c1-5-8(4)6-7(2)3;1-5-6-8(4)7(2)3;2*1-4-5-6-7(2)3;1-4-6-7(3)5-2;1-3-5-7-6-4-2;;;;;;;;;;;;/h2*7-8H,5-6H2,1-4H3;3*7H,4-6H2,1-3H3;3-7H2,1-2H3;12*1H4. The maximum Gasteiger partial charge on any atom is -0.0420 e. The molecule has 0 aromatic rings. The van der Waals surface area contributed by atoms with E-state index in [-0.39, 0.29) is 89.1 Å². The van der Waals surface area contributed by atoms with Gasteiger partial charge in [0.15, 0.2) is 0 Å². The van der Waals surface area contributed by atoms with E-state index in [1.165, 1.54) is 116 Å². The third-order valence-electron chi connectivity index (χ3n) is 8.41.